The van der Waals surface area contributed by atoms with E-state index in [1.807, 2.05) is 6.07 Å². The van der Waals surface area contributed by atoms with E-state index in [0.29, 0.717) is 5.75 Å². The predicted octanol–water partition coefficient (Wildman–Crippen LogP) is 3.46. The molecule has 0 aromatic heterocycles. The zero-order valence-corrected chi connectivity index (χ0v) is 18.7. The van der Waals surface area contributed by atoms with Crippen LogP contribution in [0.15, 0.2) is 42.5 Å². The molecule has 7 rings (SSSR count). The third kappa shape index (κ3) is 2.31. The molecule has 2 heterocycles. The predicted molar refractivity (Wildman–Crippen MR) is 123 cm³/mol. The third-order valence-electron chi connectivity index (χ3n) is 9.39. The molecule has 2 bridgehead atoms. The first-order valence-corrected chi connectivity index (χ1v) is 12.3. The number of phenols is 1. The Bertz CT molecular complexity index is 1070. The van der Waals surface area contributed by atoms with Crippen LogP contribution in [-0.4, -0.2) is 59.0 Å². The average molecular weight is 433 g/mol. The lowest BCUT2D eigenvalue weighted by Gasteiger charge is -2.65. The molecule has 5 nitrogen and oxygen atoms in total. The number of phenolic OH excluding ortho intramolecular Hbond substituents is 1. The van der Waals surface area contributed by atoms with Crippen molar-refractivity contribution in [1.29, 1.82) is 0 Å². The molecule has 1 spiro atoms. The van der Waals surface area contributed by atoms with Gasteiger partial charge in [0.2, 0.25) is 0 Å². The van der Waals surface area contributed by atoms with Crippen LogP contribution in [0.2, 0.25) is 0 Å². The van der Waals surface area contributed by atoms with Crippen molar-refractivity contribution in [2.75, 3.05) is 25.0 Å². The van der Waals surface area contributed by atoms with Gasteiger partial charge in [0.25, 0.3) is 0 Å². The number of likely N-dealkylation sites (N-methyl/N-ethyl adjacent to an activating group) is 1. The van der Waals surface area contributed by atoms with Crippen LogP contribution in [0.5, 0.6) is 11.5 Å². The van der Waals surface area contributed by atoms with Crippen molar-refractivity contribution in [1.82, 2.24) is 4.90 Å². The summed E-state index contributed by atoms with van der Waals surface area (Å²) < 4.78 is 6.69. The number of para-hydroxylation sites is 1. The lowest BCUT2D eigenvalue weighted by molar-refractivity contribution is -0.189. The van der Waals surface area contributed by atoms with Crippen molar-refractivity contribution >= 4 is 5.69 Å². The normalized spacial score (nSPS) is 37.0. The van der Waals surface area contributed by atoms with Gasteiger partial charge in [-0.2, -0.15) is 0 Å². The summed E-state index contributed by atoms with van der Waals surface area (Å²) in [5, 5.41) is 23.3. The van der Waals surface area contributed by atoms with Gasteiger partial charge in [0.05, 0.1) is 17.1 Å². The van der Waals surface area contributed by atoms with E-state index in [1.165, 1.54) is 24.1 Å². The van der Waals surface area contributed by atoms with E-state index < -0.39 is 11.0 Å². The van der Waals surface area contributed by atoms with Crippen molar-refractivity contribution in [3.8, 4) is 11.5 Å². The van der Waals surface area contributed by atoms with Crippen molar-refractivity contribution in [3.05, 3.63) is 53.6 Å². The van der Waals surface area contributed by atoms with Gasteiger partial charge in [0.15, 0.2) is 11.5 Å². The van der Waals surface area contributed by atoms with E-state index in [4.69, 9.17) is 4.74 Å². The highest BCUT2D eigenvalue weighted by Crippen LogP contribution is 2.66. The van der Waals surface area contributed by atoms with Gasteiger partial charge in [-0.25, -0.2) is 0 Å². The molecule has 0 radical (unpaired) electrons. The topological polar surface area (TPSA) is 56.2 Å². The second kappa shape index (κ2) is 6.42. The fraction of sp³-hybridized carbons (Fsp3) is 0.556. The summed E-state index contributed by atoms with van der Waals surface area (Å²) in [5.74, 6) is 1.66. The minimum Gasteiger partial charge on any atom is -0.504 e. The van der Waals surface area contributed by atoms with E-state index in [2.05, 4.69) is 47.2 Å². The van der Waals surface area contributed by atoms with E-state index in [9.17, 15) is 10.2 Å². The highest BCUT2D eigenvalue weighted by atomic mass is 16.5. The molecule has 2 N–H and O–H groups in total. The van der Waals surface area contributed by atoms with Crippen LogP contribution >= 0.6 is 0 Å². The van der Waals surface area contributed by atoms with Crippen LogP contribution in [-0.2, 0) is 11.8 Å². The monoisotopic (exact) mass is 432 g/mol. The molecule has 2 aromatic carbocycles. The number of ether oxygens (including phenoxy) is 1. The smallest absolute Gasteiger partial charge is 0.165 e. The molecule has 2 aliphatic heterocycles. The number of piperidine rings is 1. The summed E-state index contributed by atoms with van der Waals surface area (Å²) in [5.41, 5.74) is 2.27. The Hall–Kier alpha value is -2.24. The molecular weight excluding hydrogens is 400 g/mol. The number of hydrogen-bond acceptors (Lipinski definition) is 5. The SMILES string of the molecule is CN(c1ccccc1)[C@H]1CC[C@@]2(O)[C@H]3Cc4ccc(O)c5c4[C@@]2(CCN3CC2CC2)[C@H]1O5. The molecule has 168 valence electrons. The Balaban J connectivity index is 1.37. The number of aromatic hydroxyl groups is 1. The van der Waals surface area contributed by atoms with Crippen LogP contribution in [0.4, 0.5) is 5.69 Å². The third-order valence-corrected chi connectivity index (χ3v) is 9.39. The molecule has 2 aromatic rings. The summed E-state index contributed by atoms with van der Waals surface area (Å²) >= 11 is 0. The van der Waals surface area contributed by atoms with Gasteiger partial charge >= 0.3 is 0 Å². The molecule has 5 heteroatoms. The van der Waals surface area contributed by atoms with Crippen LogP contribution < -0.4 is 9.64 Å². The number of likely N-dealkylation sites (tertiary alicyclic amines) is 1. The van der Waals surface area contributed by atoms with Crippen LogP contribution in [0, 0.1) is 5.92 Å². The average Bonchev–Trinajstić information content (AvgIpc) is 3.55. The second-order valence-corrected chi connectivity index (χ2v) is 10.8. The highest BCUT2D eigenvalue weighted by molar-refractivity contribution is 5.63. The van der Waals surface area contributed by atoms with Gasteiger partial charge in [-0.15, -0.1) is 0 Å². The van der Waals surface area contributed by atoms with Gasteiger partial charge in [-0.1, -0.05) is 24.3 Å². The molecule has 0 unspecified atom stereocenters. The summed E-state index contributed by atoms with van der Waals surface area (Å²) in [7, 11) is 2.15. The largest absolute Gasteiger partial charge is 0.504 e. The maximum Gasteiger partial charge on any atom is 0.165 e. The lowest BCUT2D eigenvalue weighted by Crippen LogP contribution is -2.78. The quantitative estimate of drug-likeness (QED) is 0.775. The molecule has 2 saturated carbocycles. The van der Waals surface area contributed by atoms with Crippen molar-refractivity contribution < 1.29 is 14.9 Å². The summed E-state index contributed by atoms with van der Waals surface area (Å²) in [4.78, 5) is 4.93. The Labute approximate surface area is 189 Å². The molecule has 5 atom stereocenters. The second-order valence-electron chi connectivity index (χ2n) is 10.8. The molecule has 0 amide bonds. The summed E-state index contributed by atoms with van der Waals surface area (Å²) in [6.45, 7) is 2.11. The number of aliphatic hydroxyl groups is 1. The van der Waals surface area contributed by atoms with Crippen molar-refractivity contribution in [2.24, 2.45) is 5.92 Å². The zero-order valence-electron chi connectivity index (χ0n) is 18.7. The van der Waals surface area contributed by atoms with E-state index in [1.54, 1.807) is 6.07 Å². The van der Waals surface area contributed by atoms with Crippen LogP contribution in [0.25, 0.3) is 0 Å². The fourth-order valence-electron chi connectivity index (χ4n) is 7.71. The summed E-state index contributed by atoms with van der Waals surface area (Å²) in [6, 6.07) is 14.6. The van der Waals surface area contributed by atoms with Gasteiger partial charge < -0.3 is 19.8 Å². The van der Waals surface area contributed by atoms with Gasteiger partial charge in [-0.05, 0) is 74.8 Å². The van der Waals surface area contributed by atoms with E-state index in [0.717, 1.165) is 50.3 Å². The Morgan fingerprint density at radius 3 is 2.69 bits per heavy atom. The standard InChI is InChI=1S/C27H32N2O3/c1-28(19-5-3-2-4-6-19)20-11-12-27(31)22-15-18-9-10-21(30)24-23(18)26(27,25(20)32-24)13-14-29(22)16-17-7-8-17/h2-6,9-10,17,20,22,25,30-31H,7-8,11-16H2,1H3/t20-,22+,25-,26-,27+/m0/s1. The molecule has 5 aliphatic rings. The highest BCUT2D eigenvalue weighted by Gasteiger charge is 2.73. The van der Waals surface area contributed by atoms with Crippen molar-refractivity contribution in [3.63, 3.8) is 0 Å². The first kappa shape index (κ1) is 19.2. The first-order chi connectivity index (χ1) is 15.5. The fourth-order valence-corrected chi connectivity index (χ4v) is 7.71. The van der Waals surface area contributed by atoms with Gasteiger partial charge in [-0.3, -0.25) is 4.90 Å². The van der Waals surface area contributed by atoms with E-state index >= 15 is 0 Å². The number of rotatable bonds is 4. The van der Waals surface area contributed by atoms with Gasteiger partial charge in [0.1, 0.15) is 6.10 Å². The number of hydrogen-bond donors (Lipinski definition) is 2. The minimum atomic E-state index is -0.815. The molecule has 1 saturated heterocycles. The number of benzene rings is 2. The first-order valence-electron chi connectivity index (χ1n) is 12.3. The number of anilines is 1. The maximum atomic E-state index is 12.6. The Morgan fingerprint density at radius 1 is 1.09 bits per heavy atom. The molecule has 3 aliphatic carbocycles. The number of nitrogens with zero attached hydrogens (tertiary/aromatic N) is 2. The van der Waals surface area contributed by atoms with Crippen LogP contribution in [0.3, 0.4) is 0 Å². The van der Waals surface area contributed by atoms with Crippen molar-refractivity contribution in [2.45, 2.75) is 67.7 Å². The van der Waals surface area contributed by atoms with E-state index in [-0.39, 0.29) is 23.9 Å². The Kier molecular flexibility index (Phi) is 3.86. The molecule has 3 fully saturated rings. The lowest BCUT2D eigenvalue weighted by atomic mass is 9.48. The zero-order chi connectivity index (χ0) is 21.7. The minimum absolute atomic E-state index is 0.133. The molecule has 32 heavy (non-hydrogen) atoms. The van der Waals surface area contributed by atoms with Crippen LogP contribution in [0.1, 0.15) is 43.2 Å². The maximum absolute atomic E-state index is 12.6. The van der Waals surface area contributed by atoms with Gasteiger partial charge in [0, 0.05) is 30.9 Å². The summed E-state index contributed by atoms with van der Waals surface area (Å²) in [6.07, 6.45) is 5.89. The molecular formula is C27H32N2O3. The Morgan fingerprint density at radius 2 is 1.91 bits per heavy atom.